The number of benzene rings is 1. The standard InChI is InChI=1S/C18H21NO4/c1-11-16-12(9-19(10-22-16)6-3-7-20)8-15-13-4-2-5-14(13)18(21)23-17(11)15/h8,20H,2-7,9-10H2,1H3. The first-order valence-electron chi connectivity index (χ1n) is 8.26. The van der Waals surface area contributed by atoms with Crippen LogP contribution in [0.1, 0.15) is 35.1 Å². The Labute approximate surface area is 134 Å². The molecule has 4 rings (SSSR count). The van der Waals surface area contributed by atoms with Gasteiger partial charge < -0.3 is 14.3 Å². The van der Waals surface area contributed by atoms with Gasteiger partial charge in [-0.05, 0) is 44.2 Å². The normalized spacial score (nSPS) is 17.1. The monoisotopic (exact) mass is 315 g/mol. The van der Waals surface area contributed by atoms with E-state index in [-0.39, 0.29) is 12.2 Å². The molecule has 0 saturated carbocycles. The van der Waals surface area contributed by atoms with Gasteiger partial charge in [0.05, 0.1) is 0 Å². The number of aliphatic hydroxyl groups is 1. The van der Waals surface area contributed by atoms with Crippen LogP contribution in [0, 0.1) is 6.92 Å². The molecule has 0 unspecified atom stereocenters. The van der Waals surface area contributed by atoms with Crippen LogP contribution in [0.3, 0.4) is 0 Å². The Balaban J connectivity index is 1.84. The molecule has 1 aliphatic carbocycles. The van der Waals surface area contributed by atoms with Gasteiger partial charge in [0.25, 0.3) is 0 Å². The molecule has 1 aromatic heterocycles. The molecule has 1 N–H and O–H groups in total. The number of nitrogens with zero attached hydrogens (tertiary/aromatic N) is 1. The highest BCUT2D eigenvalue weighted by Gasteiger charge is 2.26. The Morgan fingerprint density at radius 1 is 1.30 bits per heavy atom. The summed E-state index contributed by atoms with van der Waals surface area (Å²) < 4.78 is 11.5. The number of fused-ring (bicyclic) bond motifs is 4. The lowest BCUT2D eigenvalue weighted by Crippen LogP contribution is -2.33. The average Bonchev–Trinajstić information content (AvgIpc) is 3.05. The van der Waals surface area contributed by atoms with Crippen LogP contribution in [0.4, 0.5) is 0 Å². The lowest BCUT2D eigenvalue weighted by Gasteiger charge is -2.30. The van der Waals surface area contributed by atoms with Crippen LogP contribution in [0.5, 0.6) is 5.75 Å². The van der Waals surface area contributed by atoms with E-state index in [1.165, 1.54) is 0 Å². The van der Waals surface area contributed by atoms with E-state index in [4.69, 9.17) is 14.3 Å². The number of rotatable bonds is 3. The minimum absolute atomic E-state index is 0.187. The molecule has 2 heterocycles. The Bertz CT molecular complexity index is 824. The van der Waals surface area contributed by atoms with Crippen molar-refractivity contribution in [2.45, 2.75) is 39.2 Å². The maximum Gasteiger partial charge on any atom is 0.339 e. The molecular weight excluding hydrogens is 294 g/mol. The molecular formula is C18H21NO4. The van der Waals surface area contributed by atoms with E-state index in [1.807, 2.05) is 6.92 Å². The van der Waals surface area contributed by atoms with Gasteiger partial charge in [0.2, 0.25) is 0 Å². The topological polar surface area (TPSA) is 62.9 Å². The Kier molecular flexibility index (Phi) is 3.62. The molecule has 1 aromatic carbocycles. The third kappa shape index (κ3) is 2.35. The molecule has 0 bridgehead atoms. The maximum absolute atomic E-state index is 12.2. The predicted molar refractivity (Wildman–Crippen MR) is 86.9 cm³/mol. The summed E-state index contributed by atoms with van der Waals surface area (Å²) in [5.74, 6) is 0.846. The third-order valence-corrected chi connectivity index (χ3v) is 4.94. The van der Waals surface area contributed by atoms with Crippen molar-refractivity contribution in [2.75, 3.05) is 19.9 Å². The van der Waals surface area contributed by atoms with Crippen LogP contribution >= 0.6 is 0 Å². The van der Waals surface area contributed by atoms with Crippen molar-refractivity contribution in [3.63, 3.8) is 0 Å². The van der Waals surface area contributed by atoms with Gasteiger partial charge in [0.1, 0.15) is 18.1 Å². The van der Waals surface area contributed by atoms with E-state index in [0.29, 0.717) is 12.3 Å². The van der Waals surface area contributed by atoms with Crippen LogP contribution in [0.15, 0.2) is 15.3 Å². The number of hydrogen-bond donors (Lipinski definition) is 1. The van der Waals surface area contributed by atoms with E-state index >= 15 is 0 Å². The first-order chi connectivity index (χ1) is 11.2. The minimum Gasteiger partial charge on any atom is -0.477 e. The molecule has 2 aromatic rings. The zero-order valence-corrected chi connectivity index (χ0v) is 13.4. The van der Waals surface area contributed by atoms with Crippen molar-refractivity contribution < 1.29 is 14.3 Å². The fraction of sp³-hybridized carbons (Fsp3) is 0.500. The lowest BCUT2D eigenvalue weighted by atomic mass is 9.99. The van der Waals surface area contributed by atoms with Gasteiger partial charge in [0, 0.05) is 41.8 Å². The smallest absolute Gasteiger partial charge is 0.339 e. The second kappa shape index (κ2) is 5.65. The molecule has 2 aliphatic rings. The van der Waals surface area contributed by atoms with E-state index < -0.39 is 0 Å². The fourth-order valence-corrected chi connectivity index (χ4v) is 3.83. The summed E-state index contributed by atoms with van der Waals surface area (Å²) in [6.07, 6.45) is 3.54. The largest absolute Gasteiger partial charge is 0.477 e. The highest BCUT2D eigenvalue weighted by atomic mass is 16.5. The summed E-state index contributed by atoms with van der Waals surface area (Å²) in [5, 5.41) is 10.1. The number of hydrogen-bond acceptors (Lipinski definition) is 5. The van der Waals surface area contributed by atoms with Gasteiger partial charge in [-0.1, -0.05) is 0 Å². The van der Waals surface area contributed by atoms with Crippen LogP contribution < -0.4 is 10.4 Å². The highest BCUT2D eigenvalue weighted by molar-refractivity contribution is 5.87. The molecule has 1 aliphatic heterocycles. The van der Waals surface area contributed by atoms with Gasteiger partial charge in [-0.2, -0.15) is 0 Å². The number of aryl methyl sites for hydroxylation is 2. The Morgan fingerprint density at radius 2 is 2.13 bits per heavy atom. The first-order valence-corrected chi connectivity index (χ1v) is 8.26. The SMILES string of the molecule is Cc1c2c(cc3c4c(c(=O)oc13)CCC4)CN(CCCO)CO2. The Morgan fingerprint density at radius 3 is 2.96 bits per heavy atom. The van der Waals surface area contributed by atoms with Crippen LogP contribution in [-0.4, -0.2) is 29.9 Å². The third-order valence-electron chi connectivity index (χ3n) is 4.94. The molecule has 0 saturated heterocycles. The first kappa shape index (κ1) is 14.7. The second-order valence-electron chi connectivity index (χ2n) is 6.47. The summed E-state index contributed by atoms with van der Waals surface area (Å²) in [7, 11) is 0. The molecule has 0 amide bonds. The van der Waals surface area contributed by atoms with Crippen LogP contribution in [0.2, 0.25) is 0 Å². The number of aliphatic hydroxyl groups excluding tert-OH is 1. The van der Waals surface area contributed by atoms with Crippen molar-refractivity contribution >= 4 is 11.0 Å². The molecule has 5 nitrogen and oxygen atoms in total. The van der Waals surface area contributed by atoms with Gasteiger partial charge in [-0.3, -0.25) is 4.90 Å². The van der Waals surface area contributed by atoms with Crippen molar-refractivity contribution in [1.82, 2.24) is 4.90 Å². The van der Waals surface area contributed by atoms with E-state index in [0.717, 1.165) is 72.2 Å². The number of ether oxygens (including phenoxy) is 1. The average molecular weight is 315 g/mol. The van der Waals surface area contributed by atoms with Gasteiger partial charge in [-0.15, -0.1) is 0 Å². The zero-order chi connectivity index (χ0) is 16.0. The molecule has 0 spiro atoms. The van der Waals surface area contributed by atoms with Crippen LogP contribution in [0.25, 0.3) is 11.0 Å². The highest BCUT2D eigenvalue weighted by Crippen LogP contribution is 2.37. The van der Waals surface area contributed by atoms with Gasteiger partial charge in [-0.25, -0.2) is 4.79 Å². The summed E-state index contributed by atoms with van der Waals surface area (Å²) in [4.78, 5) is 14.4. The van der Waals surface area contributed by atoms with Crippen LogP contribution in [-0.2, 0) is 19.4 Å². The van der Waals surface area contributed by atoms with Gasteiger partial charge >= 0.3 is 5.63 Å². The molecule has 0 radical (unpaired) electrons. The van der Waals surface area contributed by atoms with Crippen molar-refractivity contribution in [3.05, 3.63) is 38.7 Å². The van der Waals surface area contributed by atoms with E-state index in [1.54, 1.807) is 0 Å². The summed E-state index contributed by atoms with van der Waals surface area (Å²) in [6, 6.07) is 2.13. The summed E-state index contributed by atoms with van der Waals surface area (Å²) >= 11 is 0. The zero-order valence-electron chi connectivity index (χ0n) is 13.4. The Hall–Kier alpha value is -1.85. The lowest BCUT2D eigenvalue weighted by molar-refractivity contribution is 0.0878. The van der Waals surface area contributed by atoms with Gasteiger partial charge in [0.15, 0.2) is 0 Å². The van der Waals surface area contributed by atoms with Crippen molar-refractivity contribution in [2.24, 2.45) is 0 Å². The molecule has 122 valence electrons. The van der Waals surface area contributed by atoms with E-state index in [2.05, 4.69) is 11.0 Å². The van der Waals surface area contributed by atoms with Crippen molar-refractivity contribution in [1.29, 1.82) is 0 Å². The van der Waals surface area contributed by atoms with Crippen molar-refractivity contribution in [3.8, 4) is 5.75 Å². The summed E-state index contributed by atoms with van der Waals surface area (Å²) in [5.41, 5.74) is 4.57. The minimum atomic E-state index is -0.187. The molecule has 23 heavy (non-hydrogen) atoms. The maximum atomic E-state index is 12.2. The quantitative estimate of drug-likeness (QED) is 0.879. The van der Waals surface area contributed by atoms with E-state index in [9.17, 15) is 4.79 Å². The molecule has 5 heteroatoms. The molecule has 0 atom stereocenters. The molecule has 0 fully saturated rings. The summed E-state index contributed by atoms with van der Waals surface area (Å²) in [6.45, 7) is 4.29. The predicted octanol–water partition coefficient (Wildman–Crippen LogP) is 2.12. The fourth-order valence-electron chi connectivity index (χ4n) is 3.83. The second-order valence-corrected chi connectivity index (χ2v) is 6.47.